The third-order valence-corrected chi connectivity index (χ3v) is 5.54. The molecule has 2 aliphatic heterocycles. The second-order valence-corrected chi connectivity index (χ2v) is 7.95. The van der Waals surface area contributed by atoms with Gasteiger partial charge in [0.15, 0.2) is 5.60 Å². The van der Waals surface area contributed by atoms with Crippen LogP contribution in [0.4, 0.5) is 25.0 Å². The minimum Gasteiger partial charge on any atom is -0.481 e. The van der Waals surface area contributed by atoms with E-state index in [2.05, 4.69) is 16.0 Å². The van der Waals surface area contributed by atoms with Gasteiger partial charge in [0.05, 0.1) is 6.04 Å². The molecule has 1 atom stereocenters. The molecule has 4 rings (SSSR count). The van der Waals surface area contributed by atoms with Gasteiger partial charge < -0.3 is 20.7 Å². The molecule has 0 unspecified atom stereocenters. The van der Waals surface area contributed by atoms with Crippen LogP contribution in [0.25, 0.3) is 0 Å². The van der Waals surface area contributed by atoms with Crippen LogP contribution < -0.4 is 20.7 Å². The van der Waals surface area contributed by atoms with Crippen molar-refractivity contribution in [2.45, 2.75) is 30.9 Å². The molecule has 158 valence electrons. The van der Waals surface area contributed by atoms with Crippen molar-refractivity contribution in [1.29, 1.82) is 0 Å². The summed E-state index contributed by atoms with van der Waals surface area (Å²) in [7, 11) is 0. The molecule has 0 radical (unpaired) electrons. The number of urea groups is 1. The molecule has 0 saturated heterocycles. The van der Waals surface area contributed by atoms with Crippen molar-refractivity contribution in [1.82, 2.24) is 5.32 Å². The number of alkyl halides is 2. The van der Waals surface area contributed by atoms with Crippen molar-refractivity contribution in [3.8, 4) is 5.75 Å². The zero-order valence-corrected chi connectivity index (χ0v) is 16.7. The summed E-state index contributed by atoms with van der Waals surface area (Å²) in [5, 5.41) is 8.60. The number of nitrogens with one attached hydrogen (secondary N) is 3. The van der Waals surface area contributed by atoms with Crippen molar-refractivity contribution < 1.29 is 23.1 Å². The lowest BCUT2D eigenvalue weighted by atomic mass is 9.88. The van der Waals surface area contributed by atoms with Crippen molar-refractivity contribution >= 4 is 34.9 Å². The Kier molecular flexibility index (Phi) is 5.51. The Morgan fingerprint density at radius 3 is 2.77 bits per heavy atom. The van der Waals surface area contributed by atoms with E-state index in [1.165, 1.54) is 6.07 Å². The third kappa shape index (κ3) is 4.05. The minimum absolute atomic E-state index is 0.0672. The summed E-state index contributed by atoms with van der Waals surface area (Å²) in [4.78, 5) is 24.2. The van der Waals surface area contributed by atoms with Crippen LogP contribution >= 0.6 is 11.6 Å². The van der Waals surface area contributed by atoms with E-state index in [-0.39, 0.29) is 18.1 Å². The number of anilines is 2. The van der Waals surface area contributed by atoms with Crippen LogP contribution in [0.2, 0.25) is 5.02 Å². The normalized spacial score (nSPS) is 19.0. The first-order valence-electron chi connectivity index (χ1n) is 9.52. The van der Waals surface area contributed by atoms with E-state index in [1.807, 2.05) is 6.07 Å². The predicted octanol–water partition coefficient (Wildman–Crippen LogP) is 4.55. The summed E-state index contributed by atoms with van der Waals surface area (Å²) in [5.74, 6) is 0.168. The molecule has 2 aromatic rings. The van der Waals surface area contributed by atoms with Gasteiger partial charge in [0.2, 0.25) is 5.91 Å². The molecule has 9 heteroatoms. The first-order chi connectivity index (χ1) is 14.4. The Balaban J connectivity index is 1.52. The molecular weight excluding hydrogens is 416 g/mol. The maximum absolute atomic E-state index is 13.6. The van der Waals surface area contributed by atoms with Gasteiger partial charge in [-0.05, 0) is 36.2 Å². The molecule has 6 nitrogen and oxygen atoms in total. The fraction of sp³-hybridized carbons (Fsp3) is 0.333. The van der Waals surface area contributed by atoms with Crippen LogP contribution in [0.5, 0.6) is 5.75 Å². The van der Waals surface area contributed by atoms with Crippen LogP contribution in [0, 0.1) is 0 Å². The molecule has 3 amide bonds. The van der Waals surface area contributed by atoms with E-state index < -0.39 is 31.0 Å². The second-order valence-electron chi connectivity index (χ2n) is 7.51. The Bertz CT molecular complexity index is 997. The third-order valence-electron chi connectivity index (χ3n) is 5.31. The highest BCUT2D eigenvalue weighted by Gasteiger charge is 2.42. The van der Waals surface area contributed by atoms with Crippen LogP contribution in [-0.4, -0.2) is 30.9 Å². The smallest absolute Gasteiger partial charge is 0.319 e. The molecule has 0 saturated carbocycles. The van der Waals surface area contributed by atoms with Gasteiger partial charge in [-0.25, -0.2) is 13.6 Å². The van der Waals surface area contributed by atoms with Gasteiger partial charge in [0, 0.05) is 34.8 Å². The van der Waals surface area contributed by atoms with Gasteiger partial charge in [-0.1, -0.05) is 23.7 Å². The molecule has 2 aliphatic rings. The molecule has 2 aromatic carbocycles. The van der Waals surface area contributed by atoms with Gasteiger partial charge in [-0.15, -0.1) is 0 Å². The van der Waals surface area contributed by atoms with Crippen molar-refractivity contribution in [2.75, 3.05) is 24.0 Å². The summed E-state index contributed by atoms with van der Waals surface area (Å²) in [6, 6.07) is 8.81. The van der Waals surface area contributed by atoms with Gasteiger partial charge in [-0.3, -0.25) is 4.79 Å². The van der Waals surface area contributed by atoms with Crippen LogP contribution in [0.15, 0.2) is 36.4 Å². The molecule has 30 heavy (non-hydrogen) atoms. The fourth-order valence-electron chi connectivity index (χ4n) is 3.74. The van der Waals surface area contributed by atoms with E-state index in [4.69, 9.17) is 16.3 Å². The van der Waals surface area contributed by atoms with Crippen LogP contribution in [-0.2, 0) is 11.2 Å². The highest BCUT2D eigenvalue weighted by atomic mass is 35.5. The summed E-state index contributed by atoms with van der Waals surface area (Å²) in [5.41, 5.74) is 1.05. The summed E-state index contributed by atoms with van der Waals surface area (Å²) in [6.07, 6.45) is 1.00. The number of rotatable bonds is 4. The van der Waals surface area contributed by atoms with Gasteiger partial charge in [-0.2, -0.15) is 0 Å². The van der Waals surface area contributed by atoms with Gasteiger partial charge in [0.25, 0.3) is 0 Å². The molecule has 2 heterocycles. The highest BCUT2D eigenvalue weighted by molar-refractivity contribution is 6.30. The molecule has 0 aliphatic carbocycles. The standard InChI is InChI=1S/C21H20ClF2N3O3/c22-13-3-5-15-17(9-21(10-23,11-24)30-18(15)7-13)27-20(29)25-14-4-1-12-2-6-19(28)26-16(12)8-14/h1,3-5,7-8,17H,2,6,9-11H2,(H,26,28)(H2,25,27,29)/t17-/m1/s1. The Morgan fingerprint density at radius 2 is 2.00 bits per heavy atom. The monoisotopic (exact) mass is 435 g/mol. The Hall–Kier alpha value is -2.87. The lowest BCUT2D eigenvalue weighted by Crippen LogP contribution is -2.49. The van der Waals surface area contributed by atoms with E-state index in [1.54, 1.807) is 24.3 Å². The average molecular weight is 436 g/mol. The second kappa shape index (κ2) is 8.10. The number of carbonyl (C=O) groups excluding carboxylic acids is 2. The number of ether oxygens (including phenoxy) is 1. The Labute approximate surface area is 176 Å². The first-order valence-corrected chi connectivity index (χ1v) is 9.90. The minimum atomic E-state index is -1.67. The van der Waals surface area contributed by atoms with Crippen LogP contribution in [0.1, 0.15) is 30.0 Å². The molecule has 0 aromatic heterocycles. The van der Waals surface area contributed by atoms with E-state index in [0.717, 1.165) is 5.56 Å². The summed E-state index contributed by atoms with van der Waals surface area (Å²) < 4.78 is 32.8. The maximum atomic E-state index is 13.6. The van der Waals surface area contributed by atoms with E-state index in [0.29, 0.717) is 34.8 Å². The molecule has 0 spiro atoms. The quantitative estimate of drug-likeness (QED) is 0.659. The largest absolute Gasteiger partial charge is 0.481 e. The molecule has 3 N–H and O–H groups in total. The Morgan fingerprint density at radius 1 is 1.20 bits per heavy atom. The SMILES string of the molecule is O=C1CCc2ccc(NC(=O)N[C@@H]3CC(CF)(CF)Oc4cc(Cl)ccc43)cc2N1. The first kappa shape index (κ1) is 20.4. The van der Waals surface area contributed by atoms with Crippen molar-refractivity contribution in [3.63, 3.8) is 0 Å². The van der Waals surface area contributed by atoms with Crippen molar-refractivity contribution in [3.05, 3.63) is 52.5 Å². The maximum Gasteiger partial charge on any atom is 0.319 e. The number of fused-ring (bicyclic) bond motifs is 2. The van der Waals surface area contributed by atoms with Gasteiger partial charge >= 0.3 is 6.03 Å². The lowest BCUT2D eigenvalue weighted by molar-refractivity contribution is -0.116. The zero-order valence-electron chi connectivity index (χ0n) is 15.9. The molecular formula is C21H20ClF2N3O3. The number of benzene rings is 2. The summed E-state index contributed by atoms with van der Waals surface area (Å²) in [6.45, 7) is -2.08. The predicted molar refractivity (Wildman–Crippen MR) is 110 cm³/mol. The van der Waals surface area contributed by atoms with Gasteiger partial charge in [0.1, 0.15) is 19.1 Å². The van der Waals surface area contributed by atoms with Crippen LogP contribution in [0.3, 0.4) is 0 Å². The number of hydrogen-bond donors (Lipinski definition) is 3. The number of halogens is 3. The topological polar surface area (TPSA) is 79.5 Å². The highest BCUT2D eigenvalue weighted by Crippen LogP contribution is 2.41. The van der Waals surface area contributed by atoms with E-state index in [9.17, 15) is 18.4 Å². The van der Waals surface area contributed by atoms with E-state index >= 15 is 0 Å². The van der Waals surface area contributed by atoms with Crippen molar-refractivity contribution in [2.24, 2.45) is 0 Å². The number of aryl methyl sites for hydroxylation is 1. The average Bonchev–Trinajstić information content (AvgIpc) is 2.72. The summed E-state index contributed by atoms with van der Waals surface area (Å²) >= 11 is 5.99. The lowest BCUT2D eigenvalue weighted by Gasteiger charge is -2.39. The number of amides is 3. The fourth-order valence-corrected chi connectivity index (χ4v) is 3.91. The number of hydrogen-bond acceptors (Lipinski definition) is 3. The molecule has 0 bridgehead atoms. The zero-order chi connectivity index (χ0) is 21.3. The molecule has 0 fully saturated rings. The number of carbonyl (C=O) groups is 2.